The first-order valence-corrected chi connectivity index (χ1v) is 7.01. The maximum absolute atomic E-state index is 9.66. The Hall–Kier alpha value is -1.99. The standard InChI is InChI=1S/C12H13ClN4O2S/c1-2-19-10-3-7(8(13)4-9(10)18)5-15-17-12-16-11(14)6-20-12/h3-6,18H,2,14H2,1H3,(H,16,17). The molecule has 0 saturated heterocycles. The quantitative estimate of drug-likeness (QED) is 0.583. The maximum Gasteiger partial charge on any atom is 0.205 e. The van der Waals surface area contributed by atoms with Crippen molar-refractivity contribution in [3.05, 3.63) is 28.1 Å². The van der Waals surface area contributed by atoms with E-state index in [2.05, 4.69) is 15.5 Å². The molecule has 6 nitrogen and oxygen atoms in total. The summed E-state index contributed by atoms with van der Waals surface area (Å²) in [6, 6.07) is 3.03. The number of hydrogen-bond acceptors (Lipinski definition) is 7. The molecule has 1 aromatic carbocycles. The molecule has 0 saturated carbocycles. The molecule has 0 fully saturated rings. The van der Waals surface area contributed by atoms with Crippen LogP contribution in [0.2, 0.25) is 5.02 Å². The summed E-state index contributed by atoms with van der Waals surface area (Å²) < 4.78 is 5.28. The normalized spacial score (nSPS) is 10.9. The number of anilines is 2. The minimum atomic E-state index is -0.00495. The predicted octanol–water partition coefficient (Wildman–Crippen LogP) is 2.93. The van der Waals surface area contributed by atoms with Gasteiger partial charge in [0.1, 0.15) is 5.82 Å². The van der Waals surface area contributed by atoms with Gasteiger partial charge in [-0.25, -0.2) is 4.98 Å². The number of nitrogens with zero attached hydrogens (tertiary/aromatic N) is 2. The highest BCUT2D eigenvalue weighted by Crippen LogP contribution is 2.31. The number of ether oxygens (including phenoxy) is 1. The summed E-state index contributed by atoms with van der Waals surface area (Å²) >= 11 is 7.36. The molecule has 20 heavy (non-hydrogen) atoms. The molecule has 0 unspecified atom stereocenters. The van der Waals surface area contributed by atoms with E-state index >= 15 is 0 Å². The highest BCUT2D eigenvalue weighted by molar-refractivity contribution is 7.14. The third-order valence-electron chi connectivity index (χ3n) is 2.26. The molecule has 0 radical (unpaired) electrons. The van der Waals surface area contributed by atoms with Crippen LogP contribution in [-0.4, -0.2) is 22.9 Å². The van der Waals surface area contributed by atoms with Gasteiger partial charge in [0.05, 0.1) is 17.8 Å². The van der Waals surface area contributed by atoms with Crippen LogP contribution < -0.4 is 15.9 Å². The van der Waals surface area contributed by atoms with Crippen LogP contribution >= 0.6 is 22.9 Å². The van der Waals surface area contributed by atoms with Crippen LogP contribution in [-0.2, 0) is 0 Å². The monoisotopic (exact) mass is 312 g/mol. The number of thiazole rings is 1. The number of nitrogen functional groups attached to an aromatic ring is 1. The minimum absolute atomic E-state index is 0.00495. The molecule has 106 valence electrons. The van der Waals surface area contributed by atoms with E-state index in [9.17, 15) is 5.11 Å². The molecule has 0 bridgehead atoms. The third-order valence-corrected chi connectivity index (χ3v) is 3.36. The van der Waals surface area contributed by atoms with Crippen LogP contribution in [0.1, 0.15) is 12.5 Å². The van der Waals surface area contributed by atoms with Crippen molar-refractivity contribution >= 4 is 40.1 Å². The molecule has 0 aliphatic rings. The smallest absolute Gasteiger partial charge is 0.205 e. The van der Waals surface area contributed by atoms with Crippen LogP contribution in [0, 0.1) is 0 Å². The van der Waals surface area contributed by atoms with Gasteiger partial charge in [-0.3, -0.25) is 5.43 Å². The van der Waals surface area contributed by atoms with Crippen LogP contribution in [0.25, 0.3) is 0 Å². The topological polar surface area (TPSA) is 92.8 Å². The van der Waals surface area contributed by atoms with E-state index in [4.69, 9.17) is 22.1 Å². The number of nitrogens with one attached hydrogen (secondary N) is 1. The minimum Gasteiger partial charge on any atom is -0.504 e. The van der Waals surface area contributed by atoms with Crippen LogP contribution in [0.5, 0.6) is 11.5 Å². The van der Waals surface area contributed by atoms with Gasteiger partial charge in [0.2, 0.25) is 5.13 Å². The van der Waals surface area contributed by atoms with Gasteiger partial charge in [0.15, 0.2) is 11.5 Å². The average Bonchev–Trinajstić information content (AvgIpc) is 2.81. The second-order valence-electron chi connectivity index (χ2n) is 3.72. The molecule has 0 aliphatic carbocycles. The molecular formula is C12H13ClN4O2S. The fourth-order valence-corrected chi connectivity index (χ4v) is 2.18. The Kier molecular flexibility index (Phi) is 4.65. The molecule has 1 heterocycles. The number of benzene rings is 1. The van der Waals surface area contributed by atoms with Crippen LogP contribution in [0.15, 0.2) is 22.6 Å². The Morgan fingerprint density at radius 3 is 3.05 bits per heavy atom. The summed E-state index contributed by atoms with van der Waals surface area (Å²) in [5, 5.41) is 16.3. The lowest BCUT2D eigenvalue weighted by Crippen LogP contribution is -1.95. The molecule has 8 heteroatoms. The van der Waals surface area contributed by atoms with Gasteiger partial charge in [-0.15, -0.1) is 11.3 Å². The lowest BCUT2D eigenvalue weighted by Gasteiger charge is -2.07. The Morgan fingerprint density at radius 2 is 2.40 bits per heavy atom. The van der Waals surface area contributed by atoms with Gasteiger partial charge >= 0.3 is 0 Å². The van der Waals surface area contributed by atoms with Gasteiger partial charge in [0.25, 0.3) is 0 Å². The van der Waals surface area contributed by atoms with Gasteiger partial charge in [-0.2, -0.15) is 5.10 Å². The number of hydrogen-bond donors (Lipinski definition) is 3. The zero-order valence-corrected chi connectivity index (χ0v) is 12.2. The first-order valence-electron chi connectivity index (χ1n) is 5.75. The summed E-state index contributed by atoms with van der Waals surface area (Å²) in [6.07, 6.45) is 1.52. The summed E-state index contributed by atoms with van der Waals surface area (Å²) in [6.45, 7) is 2.28. The Morgan fingerprint density at radius 1 is 1.60 bits per heavy atom. The van der Waals surface area contributed by atoms with Crippen molar-refractivity contribution < 1.29 is 9.84 Å². The SMILES string of the molecule is CCOc1cc(C=NNc2nc(N)cs2)c(Cl)cc1O. The predicted molar refractivity (Wildman–Crippen MR) is 82.0 cm³/mol. The largest absolute Gasteiger partial charge is 0.504 e. The highest BCUT2D eigenvalue weighted by Gasteiger charge is 2.07. The van der Waals surface area contributed by atoms with E-state index < -0.39 is 0 Å². The number of phenols is 1. The molecule has 0 spiro atoms. The lowest BCUT2D eigenvalue weighted by molar-refractivity contribution is 0.318. The van der Waals surface area contributed by atoms with E-state index in [0.717, 1.165) is 0 Å². The summed E-state index contributed by atoms with van der Waals surface area (Å²) in [5.41, 5.74) is 8.86. The number of halogens is 1. The maximum atomic E-state index is 9.66. The van der Waals surface area contributed by atoms with Crippen molar-refractivity contribution in [1.29, 1.82) is 0 Å². The molecule has 1 aromatic heterocycles. The second kappa shape index (κ2) is 6.44. The highest BCUT2D eigenvalue weighted by atomic mass is 35.5. The Labute approximate surface area is 124 Å². The first-order chi connectivity index (χ1) is 9.60. The molecule has 0 aliphatic heterocycles. The van der Waals surface area contributed by atoms with Crippen molar-refractivity contribution in [2.45, 2.75) is 6.92 Å². The number of phenolic OH excluding ortho intramolecular Hbond substituents is 1. The van der Waals surface area contributed by atoms with Crippen molar-refractivity contribution in [3.8, 4) is 11.5 Å². The van der Waals surface area contributed by atoms with Gasteiger partial charge < -0.3 is 15.6 Å². The van der Waals surface area contributed by atoms with Crippen molar-refractivity contribution in [3.63, 3.8) is 0 Å². The van der Waals surface area contributed by atoms with E-state index in [-0.39, 0.29) is 5.75 Å². The number of hydrazone groups is 1. The van der Waals surface area contributed by atoms with E-state index in [0.29, 0.717) is 33.9 Å². The van der Waals surface area contributed by atoms with Crippen LogP contribution in [0.4, 0.5) is 10.9 Å². The van der Waals surface area contributed by atoms with Crippen molar-refractivity contribution in [1.82, 2.24) is 4.98 Å². The van der Waals surface area contributed by atoms with Crippen molar-refractivity contribution in [2.24, 2.45) is 5.10 Å². The third kappa shape index (κ3) is 3.52. The van der Waals surface area contributed by atoms with E-state index in [1.165, 1.54) is 23.6 Å². The molecule has 0 atom stereocenters. The van der Waals surface area contributed by atoms with Gasteiger partial charge in [-0.1, -0.05) is 11.6 Å². The lowest BCUT2D eigenvalue weighted by atomic mass is 10.2. The van der Waals surface area contributed by atoms with Gasteiger partial charge in [0, 0.05) is 17.0 Å². The molecule has 4 N–H and O–H groups in total. The van der Waals surface area contributed by atoms with E-state index in [1.807, 2.05) is 6.92 Å². The summed E-state index contributed by atoms with van der Waals surface area (Å²) in [7, 11) is 0. The molecule has 2 rings (SSSR count). The summed E-state index contributed by atoms with van der Waals surface area (Å²) in [4.78, 5) is 4.00. The van der Waals surface area contributed by atoms with Crippen LogP contribution in [0.3, 0.4) is 0 Å². The zero-order valence-electron chi connectivity index (χ0n) is 10.6. The summed E-state index contributed by atoms with van der Waals surface area (Å²) in [5.74, 6) is 0.792. The molecular weight excluding hydrogens is 300 g/mol. The number of nitrogens with two attached hydrogens (primary N) is 1. The number of aromatic nitrogens is 1. The molecule has 0 amide bonds. The van der Waals surface area contributed by atoms with E-state index in [1.54, 1.807) is 11.4 Å². The number of rotatable bonds is 5. The average molecular weight is 313 g/mol. The Bertz CT molecular complexity index is 630. The molecule has 2 aromatic rings. The Balaban J connectivity index is 2.13. The fraction of sp³-hybridized carbons (Fsp3) is 0.167. The fourth-order valence-electron chi connectivity index (χ4n) is 1.42. The number of aromatic hydroxyl groups is 1. The second-order valence-corrected chi connectivity index (χ2v) is 4.99. The van der Waals surface area contributed by atoms with Gasteiger partial charge in [-0.05, 0) is 13.0 Å². The zero-order chi connectivity index (χ0) is 14.5. The first kappa shape index (κ1) is 14.4. The van der Waals surface area contributed by atoms with Crippen molar-refractivity contribution in [2.75, 3.05) is 17.8 Å².